The van der Waals surface area contributed by atoms with Gasteiger partial charge >= 0.3 is 5.97 Å². The monoisotopic (exact) mass is 291 g/mol. The Labute approximate surface area is 124 Å². The van der Waals surface area contributed by atoms with E-state index in [1.807, 2.05) is 19.0 Å². The Morgan fingerprint density at radius 1 is 1.43 bits per heavy atom. The third-order valence-electron chi connectivity index (χ3n) is 4.03. The number of carbonyl (C=O) groups is 2. The molecule has 0 atom stereocenters. The molecule has 2 N–H and O–H groups in total. The molecule has 1 heterocycles. The molecular weight excluding hydrogens is 270 g/mol. The number of hydrogen-bond acceptors (Lipinski definition) is 4. The van der Waals surface area contributed by atoms with Gasteiger partial charge in [-0.1, -0.05) is 6.42 Å². The van der Waals surface area contributed by atoms with Crippen LogP contribution >= 0.6 is 0 Å². The number of aromatic nitrogens is 1. The van der Waals surface area contributed by atoms with Crippen LogP contribution in [0.1, 0.15) is 36.0 Å². The van der Waals surface area contributed by atoms with Crippen molar-refractivity contribution in [3.63, 3.8) is 0 Å². The average Bonchev–Trinajstić information content (AvgIpc) is 2.41. The zero-order chi connectivity index (χ0) is 15.5. The molecule has 0 radical (unpaired) electrons. The minimum atomic E-state index is -0.803. The Morgan fingerprint density at radius 2 is 2.14 bits per heavy atom. The van der Waals surface area contributed by atoms with Crippen LogP contribution in [0.25, 0.3) is 0 Å². The number of carboxylic acids is 1. The van der Waals surface area contributed by atoms with E-state index in [0.29, 0.717) is 17.9 Å². The maximum atomic E-state index is 12.2. The van der Waals surface area contributed by atoms with Crippen molar-refractivity contribution < 1.29 is 14.7 Å². The van der Waals surface area contributed by atoms with E-state index >= 15 is 0 Å². The topological polar surface area (TPSA) is 82.5 Å². The largest absolute Gasteiger partial charge is 0.481 e. The summed E-state index contributed by atoms with van der Waals surface area (Å²) in [6, 6.07) is 3.38. The van der Waals surface area contributed by atoms with Gasteiger partial charge in [0.2, 0.25) is 0 Å². The molecule has 1 aromatic heterocycles. The summed E-state index contributed by atoms with van der Waals surface area (Å²) in [7, 11) is 3.72. The molecule has 1 amide bonds. The molecule has 1 aliphatic carbocycles. The smallest absolute Gasteiger partial charge is 0.303 e. The fourth-order valence-corrected chi connectivity index (χ4v) is 2.59. The minimum Gasteiger partial charge on any atom is -0.481 e. The zero-order valence-electron chi connectivity index (χ0n) is 12.4. The lowest BCUT2D eigenvalue weighted by atomic mass is 9.66. The van der Waals surface area contributed by atoms with Crippen molar-refractivity contribution in [2.45, 2.75) is 25.7 Å². The molecule has 21 heavy (non-hydrogen) atoms. The van der Waals surface area contributed by atoms with E-state index in [4.69, 9.17) is 5.11 Å². The minimum absolute atomic E-state index is 0.118. The first-order valence-electron chi connectivity index (χ1n) is 7.05. The molecule has 0 aliphatic heterocycles. The summed E-state index contributed by atoms with van der Waals surface area (Å²) in [5, 5.41) is 11.8. The third-order valence-corrected chi connectivity index (χ3v) is 4.03. The maximum absolute atomic E-state index is 12.2. The summed E-state index contributed by atoms with van der Waals surface area (Å²) >= 11 is 0. The highest BCUT2D eigenvalue weighted by Crippen LogP contribution is 2.43. The number of anilines is 1. The Balaban J connectivity index is 1.98. The second kappa shape index (κ2) is 6.11. The van der Waals surface area contributed by atoms with Gasteiger partial charge in [0.1, 0.15) is 5.82 Å². The first-order valence-corrected chi connectivity index (χ1v) is 7.05. The normalized spacial score (nSPS) is 15.9. The van der Waals surface area contributed by atoms with Gasteiger partial charge in [-0.3, -0.25) is 9.59 Å². The first-order chi connectivity index (χ1) is 9.92. The van der Waals surface area contributed by atoms with Crippen molar-refractivity contribution in [1.29, 1.82) is 0 Å². The standard InChI is InChI=1S/C15H21N3O3/c1-18(2)12-8-11(4-7-16-12)14(21)17-10-15(5-3-6-15)9-13(19)20/h4,7-8H,3,5-6,9-10H2,1-2H3,(H,17,21)(H,19,20). The summed E-state index contributed by atoms with van der Waals surface area (Å²) in [6.07, 6.45) is 4.47. The van der Waals surface area contributed by atoms with Gasteiger partial charge in [0, 0.05) is 32.4 Å². The van der Waals surface area contributed by atoms with Crippen molar-refractivity contribution in [3.05, 3.63) is 23.9 Å². The fourth-order valence-electron chi connectivity index (χ4n) is 2.59. The SMILES string of the molecule is CN(C)c1cc(C(=O)NCC2(CC(=O)O)CCC2)ccn1. The molecule has 0 unspecified atom stereocenters. The van der Waals surface area contributed by atoms with Gasteiger partial charge in [-0.15, -0.1) is 0 Å². The summed E-state index contributed by atoms with van der Waals surface area (Å²) in [6.45, 7) is 0.414. The molecule has 0 saturated heterocycles. The van der Waals surface area contributed by atoms with E-state index < -0.39 is 5.97 Å². The Morgan fingerprint density at radius 3 is 2.67 bits per heavy atom. The Bertz CT molecular complexity index is 539. The van der Waals surface area contributed by atoms with Crippen molar-refractivity contribution >= 4 is 17.7 Å². The molecule has 6 nitrogen and oxygen atoms in total. The third kappa shape index (κ3) is 3.71. The number of nitrogens with zero attached hydrogens (tertiary/aromatic N) is 2. The van der Waals surface area contributed by atoms with Gasteiger partial charge in [0.05, 0.1) is 6.42 Å². The predicted molar refractivity (Wildman–Crippen MR) is 79.4 cm³/mol. The Hall–Kier alpha value is -2.11. The van der Waals surface area contributed by atoms with Gasteiger partial charge in [-0.25, -0.2) is 4.98 Å². The number of amides is 1. The fraction of sp³-hybridized carbons (Fsp3) is 0.533. The second-order valence-electron chi connectivity index (χ2n) is 5.90. The summed E-state index contributed by atoms with van der Waals surface area (Å²) in [5.41, 5.74) is 0.275. The summed E-state index contributed by atoms with van der Waals surface area (Å²) in [5.74, 6) is -0.272. The maximum Gasteiger partial charge on any atom is 0.303 e. The second-order valence-corrected chi connectivity index (χ2v) is 5.90. The van der Waals surface area contributed by atoms with Gasteiger partial charge in [-0.05, 0) is 30.4 Å². The summed E-state index contributed by atoms with van der Waals surface area (Å²) < 4.78 is 0. The number of aliphatic carboxylic acids is 1. The van der Waals surface area contributed by atoms with Crippen LogP contribution in [0.4, 0.5) is 5.82 Å². The van der Waals surface area contributed by atoms with Crippen LogP contribution in [-0.4, -0.2) is 42.6 Å². The van der Waals surface area contributed by atoms with Crippen molar-refractivity contribution in [2.24, 2.45) is 5.41 Å². The lowest BCUT2D eigenvalue weighted by Gasteiger charge is -2.40. The van der Waals surface area contributed by atoms with Gasteiger partial charge in [0.25, 0.3) is 5.91 Å². The van der Waals surface area contributed by atoms with Crippen LogP contribution in [0.2, 0.25) is 0 Å². The number of pyridine rings is 1. The van der Waals surface area contributed by atoms with Gasteiger partial charge in [0.15, 0.2) is 0 Å². The predicted octanol–water partition coefficient (Wildman–Crippen LogP) is 1.52. The highest BCUT2D eigenvalue weighted by Gasteiger charge is 2.39. The molecule has 0 aromatic carbocycles. The van der Waals surface area contributed by atoms with Crippen LogP contribution < -0.4 is 10.2 Å². The van der Waals surface area contributed by atoms with Gasteiger partial charge < -0.3 is 15.3 Å². The van der Waals surface area contributed by atoms with Crippen LogP contribution in [-0.2, 0) is 4.79 Å². The number of carboxylic acid groups (broad SMARTS) is 1. The van der Waals surface area contributed by atoms with Crippen LogP contribution in [0.3, 0.4) is 0 Å². The van der Waals surface area contributed by atoms with Crippen LogP contribution in [0.15, 0.2) is 18.3 Å². The van der Waals surface area contributed by atoms with Crippen LogP contribution in [0.5, 0.6) is 0 Å². The first kappa shape index (κ1) is 15.3. The molecule has 2 rings (SSSR count). The van der Waals surface area contributed by atoms with Crippen LogP contribution in [0, 0.1) is 5.41 Å². The van der Waals surface area contributed by atoms with Crippen molar-refractivity contribution in [3.8, 4) is 0 Å². The highest BCUT2D eigenvalue weighted by atomic mass is 16.4. The molecule has 1 saturated carbocycles. The molecule has 0 bridgehead atoms. The van der Waals surface area contributed by atoms with Crippen molar-refractivity contribution in [1.82, 2.24) is 10.3 Å². The lowest BCUT2D eigenvalue weighted by molar-refractivity contribution is -0.141. The van der Waals surface area contributed by atoms with E-state index in [1.54, 1.807) is 18.3 Å². The number of nitrogens with one attached hydrogen (secondary N) is 1. The average molecular weight is 291 g/mol. The van der Waals surface area contributed by atoms with E-state index in [2.05, 4.69) is 10.3 Å². The van der Waals surface area contributed by atoms with E-state index in [-0.39, 0.29) is 17.7 Å². The molecular formula is C15H21N3O3. The van der Waals surface area contributed by atoms with Crippen molar-refractivity contribution in [2.75, 3.05) is 25.5 Å². The quantitative estimate of drug-likeness (QED) is 0.830. The molecule has 114 valence electrons. The molecule has 1 aromatic rings. The van der Waals surface area contributed by atoms with E-state index in [1.165, 1.54) is 0 Å². The number of hydrogen-bond donors (Lipinski definition) is 2. The number of carbonyl (C=O) groups excluding carboxylic acids is 1. The van der Waals surface area contributed by atoms with E-state index in [0.717, 1.165) is 19.3 Å². The highest BCUT2D eigenvalue weighted by molar-refractivity contribution is 5.94. The Kier molecular flexibility index (Phi) is 4.45. The van der Waals surface area contributed by atoms with Gasteiger partial charge in [-0.2, -0.15) is 0 Å². The molecule has 1 aliphatic rings. The number of rotatable bonds is 6. The summed E-state index contributed by atoms with van der Waals surface area (Å²) in [4.78, 5) is 29.1. The lowest BCUT2D eigenvalue weighted by Crippen LogP contribution is -2.43. The van der Waals surface area contributed by atoms with E-state index in [9.17, 15) is 9.59 Å². The molecule has 6 heteroatoms. The molecule has 1 fully saturated rings. The zero-order valence-corrected chi connectivity index (χ0v) is 12.4. The molecule has 0 spiro atoms.